The molecule has 246 valence electrons. The molecule has 3 aliphatic carbocycles. The van der Waals surface area contributed by atoms with Crippen LogP contribution in [0.2, 0.25) is 0 Å². The number of ether oxygens (including phenoxy) is 1. The molecule has 1 spiro atoms. The topological polar surface area (TPSA) is 94.1 Å². The number of rotatable bonds is 17. The van der Waals surface area contributed by atoms with Gasteiger partial charge in [-0.15, -0.1) is 0 Å². The van der Waals surface area contributed by atoms with E-state index in [4.69, 9.17) is 4.74 Å². The van der Waals surface area contributed by atoms with Crippen molar-refractivity contribution in [3.05, 3.63) is 59.7 Å². The number of hydrogen-bond acceptors (Lipinski definition) is 6. The third kappa shape index (κ3) is 6.63. The average molecular weight is 618 g/mol. The molecule has 0 unspecified atom stereocenters. The molecule has 1 amide bonds. The Morgan fingerprint density at radius 2 is 1.76 bits per heavy atom. The molecule has 0 radical (unpaired) electrons. The van der Waals surface area contributed by atoms with Crippen molar-refractivity contribution in [2.75, 3.05) is 13.1 Å². The first-order chi connectivity index (χ1) is 22.0. The zero-order chi connectivity index (χ0) is 31.3. The fourth-order valence-electron chi connectivity index (χ4n) is 8.77. The van der Waals surface area contributed by atoms with Crippen LogP contribution >= 0.6 is 0 Å². The smallest absolute Gasteiger partial charge is 0.234 e. The number of hydrogen-bond donors (Lipinski definition) is 4. The first kappa shape index (κ1) is 32.3. The van der Waals surface area contributed by atoms with Crippen LogP contribution in [0.4, 0.5) is 0 Å². The molecule has 0 aromatic heterocycles. The third-order valence-electron chi connectivity index (χ3n) is 11.2. The molecule has 2 bridgehead atoms. The van der Waals surface area contributed by atoms with Crippen molar-refractivity contribution in [2.24, 2.45) is 5.92 Å². The minimum absolute atomic E-state index is 0.00864. The fourth-order valence-corrected chi connectivity index (χ4v) is 8.77. The van der Waals surface area contributed by atoms with E-state index in [1.807, 2.05) is 6.07 Å². The minimum Gasteiger partial charge on any atom is -0.504 e. The monoisotopic (exact) mass is 617 g/mol. The lowest BCUT2D eigenvalue weighted by Gasteiger charge is -2.64. The van der Waals surface area contributed by atoms with E-state index >= 15 is 0 Å². The lowest BCUT2D eigenvalue weighted by Crippen LogP contribution is -2.78. The van der Waals surface area contributed by atoms with Crippen molar-refractivity contribution in [1.82, 2.24) is 15.8 Å². The summed E-state index contributed by atoms with van der Waals surface area (Å²) < 4.78 is 6.59. The summed E-state index contributed by atoms with van der Waals surface area (Å²) in [4.78, 5) is 15.4. The van der Waals surface area contributed by atoms with Gasteiger partial charge in [0.05, 0.1) is 17.1 Å². The van der Waals surface area contributed by atoms with Crippen LogP contribution in [-0.2, 0) is 16.6 Å². The standard InChI is InChI=1S/C38H55N3O4/c1-2-3-4-5-6-7-8-9-10-11-12-13-14-15-16-17-33(43)40-39-30-22-23-38(44)32-26-29-20-21-31(42)35-34(29)37(38,36(30)45-35)24-25-41(32)27-28-18-19-28/h3-4,6-7,9-10,20-21,28,30,32,36,39,42,44H,2,5,8,11-19,22-27H2,1H3,(H,40,43)/b4-3+,7-6+,10-9+/t30-,32-,36+,37+,38-/m1/s1. The predicted molar refractivity (Wildman–Crippen MR) is 179 cm³/mol. The summed E-state index contributed by atoms with van der Waals surface area (Å²) in [7, 11) is 0. The highest BCUT2D eigenvalue weighted by molar-refractivity contribution is 5.75. The van der Waals surface area contributed by atoms with Crippen LogP contribution in [-0.4, -0.2) is 57.9 Å². The highest BCUT2D eigenvalue weighted by atomic mass is 16.5. The Morgan fingerprint density at radius 1 is 1.00 bits per heavy atom. The first-order valence-electron chi connectivity index (χ1n) is 18.0. The van der Waals surface area contributed by atoms with Crippen LogP contribution in [0.3, 0.4) is 0 Å². The molecule has 5 atom stereocenters. The normalized spacial score (nSPS) is 30.3. The highest BCUT2D eigenvalue weighted by Crippen LogP contribution is 2.65. The van der Waals surface area contributed by atoms with Crippen LogP contribution in [0, 0.1) is 5.92 Å². The lowest BCUT2D eigenvalue weighted by molar-refractivity contribution is -0.192. The van der Waals surface area contributed by atoms with E-state index in [0.717, 1.165) is 82.4 Å². The number of unbranched alkanes of at least 4 members (excludes halogenated alkanes) is 5. The number of nitrogens with one attached hydrogen (secondary N) is 2. The van der Waals surface area contributed by atoms with Gasteiger partial charge in [-0.2, -0.15) is 0 Å². The summed E-state index contributed by atoms with van der Waals surface area (Å²) >= 11 is 0. The molecule has 4 N–H and O–H groups in total. The van der Waals surface area contributed by atoms with E-state index in [0.29, 0.717) is 25.0 Å². The number of allylic oxidation sites excluding steroid dienone is 6. The van der Waals surface area contributed by atoms with E-state index in [1.165, 1.54) is 31.2 Å². The van der Waals surface area contributed by atoms with Crippen molar-refractivity contribution in [3.8, 4) is 11.5 Å². The summed E-state index contributed by atoms with van der Waals surface area (Å²) in [6.45, 7) is 4.16. The van der Waals surface area contributed by atoms with Gasteiger partial charge >= 0.3 is 0 Å². The van der Waals surface area contributed by atoms with Crippen molar-refractivity contribution in [1.29, 1.82) is 0 Å². The summed E-state index contributed by atoms with van der Waals surface area (Å²) in [6, 6.07) is 3.72. The molecule has 45 heavy (non-hydrogen) atoms. The van der Waals surface area contributed by atoms with Gasteiger partial charge in [0.15, 0.2) is 11.5 Å². The van der Waals surface area contributed by atoms with Crippen molar-refractivity contribution < 1.29 is 19.7 Å². The Balaban J connectivity index is 0.946. The van der Waals surface area contributed by atoms with Gasteiger partial charge in [0, 0.05) is 24.6 Å². The van der Waals surface area contributed by atoms with Gasteiger partial charge in [-0.1, -0.05) is 68.7 Å². The molecule has 2 heterocycles. The van der Waals surface area contributed by atoms with Gasteiger partial charge < -0.3 is 14.9 Å². The summed E-state index contributed by atoms with van der Waals surface area (Å²) in [5, 5.41) is 23.4. The maximum atomic E-state index is 12.8. The number of aromatic hydroxyl groups is 1. The number of phenolic OH excluding ortho intramolecular Hbond substituents is 1. The number of phenols is 1. The average Bonchev–Trinajstić information content (AvgIpc) is 3.78. The molecule has 6 rings (SSSR count). The Morgan fingerprint density at radius 3 is 2.56 bits per heavy atom. The number of amides is 1. The molecule has 3 fully saturated rings. The second-order valence-electron chi connectivity index (χ2n) is 14.2. The van der Waals surface area contributed by atoms with Gasteiger partial charge in [-0.25, -0.2) is 5.43 Å². The molecular weight excluding hydrogens is 562 g/mol. The van der Waals surface area contributed by atoms with E-state index < -0.39 is 11.0 Å². The first-order valence-corrected chi connectivity index (χ1v) is 18.0. The number of nitrogens with zero attached hydrogens (tertiary/aromatic N) is 1. The van der Waals surface area contributed by atoms with Gasteiger partial charge in [0.25, 0.3) is 0 Å². The highest BCUT2D eigenvalue weighted by Gasteiger charge is 2.73. The zero-order valence-corrected chi connectivity index (χ0v) is 27.3. The molecule has 1 aromatic carbocycles. The zero-order valence-electron chi connectivity index (χ0n) is 27.3. The number of carbonyl (C=O) groups is 1. The van der Waals surface area contributed by atoms with Crippen molar-refractivity contribution >= 4 is 5.91 Å². The lowest BCUT2D eigenvalue weighted by atomic mass is 9.48. The number of benzene rings is 1. The molecule has 2 aliphatic heterocycles. The number of piperidine rings is 1. The van der Waals surface area contributed by atoms with E-state index in [-0.39, 0.29) is 29.8 Å². The van der Waals surface area contributed by atoms with Gasteiger partial charge in [-0.3, -0.25) is 15.1 Å². The largest absolute Gasteiger partial charge is 0.504 e. The van der Waals surface area contributed by atoms with E-state index in [1.54, 1.807) is 6.07 Å². The maximum Gasteiger partial charge on any atom is 0.234 e. The second-order valence-corrected chi connectivity index (χ2v) is 14.2. The van der Waals surface area contributed by atoms with Crippen LogP contribution in [0.5, 0.6) is 11.5 Å². The quantitative estimate of drug-likeness (QED) is 0.0902. The van der Waals surface area contributed by atoms with Crippen molar-refractivity contribution in [2.45, 2.75) is 139 Å². The molecule has 5 aliphatic rings. The molecule has 7 heteroatoms. The van der Waals surface area contributed by atoms with Crippen LogP contribution in [0.25, 0.3) is 0 Å². The summed E-state index contributed by atoms with van der Waals surface area (Å²) in [6.07, 6.45) is 28.9. The molecule has 7 nitrogen and oxygen atoms in total. The van der Waals surface area contributed by atoms with Gasteiger partial charge in [0.2, 0.25) is 5.91 Å². The minimum atomic E-state index is -0.905. The maximum absolute atomic E-state index is 12.8. The van der Waals surface area contributed by atoms with Gasteiger partial charge in [0.1, 0.15) is 6.10 Å². The molecular formula is C38H55N3O4. The predicted octanol–water partition coefficient (Wildman–Crippen LogP) is 6.54. The SMILES string of the molecule is CC/C=C/C/C=C/C/C=C/CCCCCCCC(=O)NN[C@@H]1CC[C@@]2(O)[C@H]3Cc4ccc(O)c5c4[C@@]2(CCN3CC2CC2)[C@H]1O5. The van der Waals surface area contributed by atoms with E-state index in [9.17, 15) is 15.0 Å². The van der Waals surface area contributed by atoms with Crippen LogP contribution < -0.4 is 15.6 Å². The molecule has 1 saturated heterocycles. The molecule has 2 saturated carbocycles. The van der Waals surface area contributed by atoms with Gasteiger partial charge in [-0.05, 0) is 101 Å². The fraction of sp³-hybridized carbons (Fsp3) is 0.658. The number of carbonyl (C=O) groups excluding carboxylic acids is 1. The third-order valence-corrected chi connectivity index (χ3v) is 11.2. The number of aliphatic hydroxyl groups is 1. The Labute approximate surface area is 270 Å². The van der Waals surface area contributed by atoms with E-state index in [2.05, 4.69) is 59.1 Å². The Bertz CT molecular complexity index is 1270. The summed E-state index contributed by atoms with van der Waals surface area (Å²) in [5.41, 5.74) is 7.07. The second kappa shape index (κ2) is 14.4. The van der Waals surface area contributed by atoms with Crippen molar-refractivity contribution in [3.63, 3.8) is 0 Å². The number of hydrazine groups is 1. The van der Waals surface area contributed by atoms with Crippen LogP contribution in [0.1, 0.15) is 114 Å². The number of likely N-dealkylation sites (tertiary alicyclic amines) is 1. The Kier molecular flexibility index (Phi) is 10.4. The van der Waals surface area contributed by atoms with Crippen LogP contribution in [0.15, 0.2) is 48.6 Å². The Hall–Kier alpha value is -2.61. The molecule has 1 aromatic rings. The summed E-state index contributed by atoms with van der Waals surface area (Å²) in [5.74, 6) is 1.48.